The molecular weight excluding hydrogens is 326 g/mol. The van der Waals surface area contributed by atoms with Crippen LogP contribution in [0.3, 0.4) is 0 Å². The van der Waals surface area contributed by atoms with Gasteiger partial charge < -0.3 is 15.8 Å². The molecule has 0 saturated carbocycles. The van der Waals surface area contributed by atoms with Crippen LogP contribution >= 0.6 is 12.4 Å². The second-order valence-electron chi connectivity index (χ2n) is 4.80. The highest BCUT2D eigenvalue weighted by Crippen LogP contribution is 2.27. The second-order valence-corrected chi connectivity index (χ2v) is 4.80. The highest BCUT2D eigenvalue weighted by atomic mass is 35.5. The summed E-state index contributed by atoms with van der Waals surface area (Å²) in [7, 11) is 0. The number of carbonyl (C=O) groups is 1. The number of hydrogen-bond donors (Lipinski definition) is 2. The second kappa shape index (κ2) is 8.45. The fraction of sp³-hybridized carbons (Fsp3) is 0.188. The van der Waals surface area contributed by atoms with Crippen molar-refractivity contribution in [3.63, 3.8) is 0 Å². The summed E-state index contributed by atoms with van der Waals surface area (Å²) >= 11 is 0. The molecule has 2 aromatic rings. The van der Waals surface area contributed by atoms with E-state index in [-0.39, 0.29) is 36.4 Å². The van der Waals surface area contributed by atoms with Crippen molar-refractivity contribution in [1.82, 2.24) is 5.32 Å². The smallest absolute Gasteiger partial charge is 0.236 e. The topological polar surface area (TPSA) is 64.4 Å². The molecule has 124 valence electrons. The van der Waals surface area contributed by atoms with Crippen molar-refractivity contribution in [2.24, 2.45) is 5.73 Å². The summed E-state index contributed by atoms with van der Waals surface area (Å²) in [4.78, 5) is 11.4. The summed E-state index contributed by atoms with van der Waals surface area (Å²) in [5.74, 6) is -1.69. The van der Waals surface area contributed by atoms with Crippen LogP contribution in [0.5, 0.6) is 11.5 Å². The lowest BCUT2D eigenvalue weighted by molar-refractivity contribution is -0.122. The summed E-state index contributed by atoms with van der Waals surface area (Å²) in [6.45, 7) is 1.71. The molecule has 0 heterocycles. The molecule has 7 heteroatoms. The van der Waals surface area contributed by atoms with Gasteiger partial charge in [-0.1, -0.05) is 18.2 Å². The van der Waals surface area contributed by atoms with Crippen LogP contribution in [-0.4, -0.2) is 11.9 Å². The lowest BCUT2D eigenvalue weighted by Gasteiger charge is -2.10. The van der Waals surface area contributed by atoms with Crippen molar-refractivity contribution in [2.75, 3.05) is 0 Å². The van der Waals surface area contributed by atoms with Crippen LogP contribution in [0.4, 0.5) is 8.78 Å². The van der Waals surface area contributed by atoms with E-state index in [0.29, 0.717) is 5.56 Å². The van der Waals surface area contributed by atoms with E-state index in [1.165, 1.54) is 30.3 Å². The fourth-order valence-electron chi connectivity index (χ4n) is 1.73. The molecular formula is C16H17ClF2N2O2. The van der Waals surface area contributed by atoms with Gasteiger partial charge in [-0.25, -0.2) is 8.78 Å². The number of para-hydroxylation sites is 1. The van der Waals surface area contributed by atoms with Crippen molar-refractivity contribution in [2.45, 2.75) is 19.5 Å². The number of ether oxygens (including phenoxy) is 1. The van der Waals surface area contributed by atoms with Crippen molar-refractivity contribution < 1.29 is 18.3 Å². The number of rotatable bonds is 5. The van der Waals surface area contributed by atoms with Crippen molar-refractivity contribution in [3.05, 3.63) is 59.7 Å². The predicted octanol–water partition coefficient (Wildman–Crippen LogP) is 3.14. The highest BCUT2D eigenvalue weighted by molar-refractivity contribution is 5.85. The van der Waals surface area contributed by atoms with Crippen LogP contribution in [0.25, 0.3) is 0 Å². The lowest BCUT2D eigenvalue weighted by Crippen LogP contribution is -2.37. The molecule has 0 unspecified atom stereocenters. The number of hydrogen-bond acceptors (Lipinski definition) is 3. The summed E-state index contributed by atoms with van der Waals surface area (Å²) in [6.07, 6.45) is 0. The van der Waals surface area contributed by atoms with Crippen LogP contribution in [0, 0.1) is 11.6 Å². The van der Waals surface area contributed by atoms with Gasteiger partial charge in [-0.15, -0.1) is 12.4 Å². The van der Waals surface area contributed by atoms with Gasteiger partial charge in [0.15, 0.2) is 23.1 Å². The summed E-state index contributed by atoms with van der Waals surface area (Å²) in [5.41, 5.74) is 5.96. The van der Waals surface area contributed by atoms with E-state index in [2.05, 4.69) is 5.32 Å². The minimum atomic E-state index is -0.643. The normalized spacial score (nSPS) is 11.3. The molecule has 0 fully saturated rings. The summed E-state index contributed by atoms with van der Waals surface area (Å²) in [5, 5.41) is 2.57. The first kappa shape index (κ1) is 18.9. The standard InChI is InChI=1S/C16H16F2N2O2.ClH/c1-10(19)16(21)20-9-11-6-7-15(13(18)8-11)22-14-5-3-2-4-12(14)17;/h2-8,10H,9,19H2,1H3,(H,20,21);1H/t10-;/m0./s1. The quantitative estimate of drug-likeness (QED) is 0.877. The third-order valence-corrected chi connectivity index (χ3v) is 2.93. The van der Waals surface area contributed by atoms with Gasteiger partial charge >= 0.3 is 0 Å². The minimum Gasteiger partial charge on any atom is -0.451 e. The Morgan fingerprint density at radius 2 is 1.83 bits per heavy atom. The van der Waals surface area contributed by atoms with Gasteiger partial charge in [0.25, 0.3) is 0 Å². The zero-order valence-corrected chi connectivity index (χ0v) is 13.2. The number of benzene rings is 2. The average Bonchev–Trinajstić information content (AvgIpc) is 2.49. The van der Waals surface area contributed by atoms with Gasteiger partial charge in [-0.3, -0.25) is 4.79 Å². The molecule has 0 saturated heterocycles. The number of halogens is 3. The van der Waals surface area contributed by atoms with Gasteiger partial charge in [-0.2, -0.15) is 0 Å². The van der Waals surface area contributed by atoms with E-state index in [4.69, 9.17) is 10.5 Å². The zero-order valence-electron chi connectivity index (χ0n) is 12.4. The Labute approximate surface area is 139 Å². The third-order valence-electron chi connectivity index (χ3n) is 2.93. The summed E-state index contributed by atoms with van der Waals surface area (Å²) in [6, 6.07) is 9.30. The van der Waals surface area contributed by atoms with E-state index in [0.717, 1.165) is 0 Å². The fourth-order valence-corrected chi connectivity index (χ4v) is 1.73. The van der Waals surface area contributed by atoms with Crippen LogP contribution < -0.4 is 15.8 Å². The maximum absolute atomic E-state index is 14.0. The van der Waals surface area contributed by atoms with E-state index < -0.39 is 17.7 Å². The third kappa shape index (κ3) is 5.19. The van der Waals surface area contributed by atoms with E-state index in [9.17, 15) is 13.6 Å². The van der Waals surface area contributed by atoms with Gasteiger partial charge in [0.05, 0.1) is 6.04 Å². The Morgan fingerprint density at radius 3 is 2.43 bits per heavy atom. The lowest BCUT2D eigenvalue weighted by atomic mass is 10.2. The molecule has 1 atom stereocenters. The van der Waals surface area contributed by atoms with E-state index in [1.54, 1.807) is 19.1 Å². The first-order valence-electron chi connectivity index (χ1n) is 6.71. The Kier molecular flexibility index (Phi) is 6.93. The van der Waals surface area contributed by atoms with Crippen molar-refractivity contribution in [1.29, 1.82) is 0 Å². The maximum Gasteiger partial charge on any atom is 0.236 e. The first-order chi connectivity index (χ1) is 10.5. The molecule has 0 bridgehead atoms. The molecule has 3 N–H and O–H groups in total. The minimum absolute atomic E-state index is 0. The van der Waals surface area contributed by atoms with Crippen LogP contribution in [0.1, 0.15) is 12.5 Å². The largest absolute Gasteiger partial charge is 0.451 e. The molecule has 0 aromatic heterocycles. The Balaban J connectivity index is 0.00000264. The highest BCUT2D eigenvalue weighted by Gasteiger charge is 2.10. The SMILES string of the molecule is C[C@H](N)C(=O)NCc1ccc(Oc2ccccc2F)c(F)c1.Cl. The molecule has 0 radical (unpaired) electrons. The molecule has 0 aliphatic heterocycles. The molecule has 0 aliphatic rings. The van der Waals surface area contributed by atoms with Crippen molar-refractivity contribution >= 4 is 18.3 Å². The molecule has 0 aliphatic carbocycles. The number of nitrogens with one attached hydrogen (secondary N) is 1. The van der Waals surface area contributed by atoms with E-state index in [1.807, 2.05) is 0 Å². The van der Waals surface area contributed by atoms with E-state index >= 15 is 0 Å². The number of carbonyl (C=O) groups excluding carboxylic acids is 1. The van der Waals surface area contributed by atoms with Crippen LogP contribution in [0.2, 0.25) is 0 Å². The predicted molar refractivity (Wildman–Crippen MR) is 85.6 cm³/mol. The molecule has 2 aromatic carbocycles. The number of amides is 1. The van der Waals surface area contributed by atoms with Gasteiger partial charge in [0.2, 0.25) is 5.91 Å². The van der Waals surface area contributed by atoms with Gasteiger partial charge in [0, 0.05) is 6.54 Å². The van der Waals surface area contributed by atoms with Gasteiger partial charge in [-0.05, 0) is 36.8 Å². The Hall–Kier alpha value is -2.18. The number of nitrogens with two attached hydrogens (primary N) is 1. The molecule has 4 nitrogen and oxygen atoms in total. The van der Waals surface area contributed by atoms with Crippen molar-refractivity contribution in [3.8, 4) is 11.5 Å². The zero-order chi connectivity index (χ0) is 16.1. The maximum atomic E-state index is 14.0. The Morgan fingerprint density at radius 1 is 1.17 bits per heavy atom. The molecule has 1 amide bonds. The molecule has 0 spiro atoms. The van der Waals surface area contributed by atoms with Gasteiger partial charge in [0.1, 0.15) is 0 Å². The Bertz CT molecular complexity index is 681. The van der Waals surface area contributed by atoms with Crippen LogP contribution in [-0.2, 0) is 11.3 Å². The van der Waals surface area contributed by atoms with Crippen LogP contribution in [0.15, 0.2) is 42.5 Å². The summed E-state index contributed by atoms with van der Waals surface area (Å²) < 4.78 is 32.6. The average molecular weight is 343 g/mol. The monoisotopic (exact) mass is 342 g/mol. The first-order valence-corrected chi connectivity index (χ1v) is 6.71. The molecule has 23 heavy (non-hydrogen) atoms. The molecule has 2 rings (SSSR count).